The minimum atomic E-state index is -0.993. The van der Waals surface area contributed by atoms with Crippen LogP contribution in [0.1, 0.15) is 55.6 Å². The molecule has 0 amide bonds. The van der Waals surface area contributed by atoms with Gasteiger partial charge in [0.15, 0.2) is 0 Å². The van der Waals surface area contributed by atoms with Crippen molar-refractivity contribution < 1.29 is 24.2 Å². The van der Waals surface area contributed by atoms with Gasteiger partial charge in [0, 0.05) is 12.6 Å². The molecule has 0 radical (unpaired) electrons. The van der Waals surface area contributed by atoms with E-state index in [1.807, 2.05) is 38.1 Å². The van der Waals surface area contributed by atoms with Crippen LogP contribution < -0.4 is 4.74 Å². The number of ether oxygens (including phenoxy) is 2. The second kappa shape index (κ2) is 8.68. The van der Waals surface area contributed by atoms with E-state index in [2.05, 4.69) is 5.10 Å². The lowest BCUT2D eigenvalue weighted by Crippen LogP contribution is -2.31. The summed E-state index contributed by atoms with van der Waals surface area (Å²) in [6.07, 6.45) is 3.16. The Balaban J connectivity index is 1.69. The lowest BCUT2D eigenvalue weighted by atomic mass is 9.87. The molecule has 1 aromatic heterocycles. The molecule has 1 heterocycles. The minimum Gasteiger partial charge on any atom is -0.490 e. The number of esters is 1. The Labute approximate surface area is 170 Å². The Hall–Kier alpha value is -2.83. The second-order valence-electron chi connectivity index (χ2n) is 7.85. The highest BCUT2D eigenvalue weighted by Gasteiger charge is 2.30. The van der Waals surface area contributed by atoms with Crippen LogP contribution in [-0.2, 0) is 16.6 Å². The summed E-state index contributed by atoms with van der Waals surface area (Å²) in [4.78, 5) is 23.8. The van der Waals surface area contributed by atoms with Crippen molar-refractivity contribution in [2.24, 2.45) is 13.0 Å². The van der Waals surface area contributed by atoms with Crippen molar-refractivity contribution in [3.63, 3.8) is 0 Å². The number of aromatic nitrogens is 2. The number of benzene rings is 1. The van der Waals surface area contributed by atoms with Gasteiger partial charge < -0.3 is 14.6 Å². The maximum Gasteiger partial charge on any atom is 0.339 e. The van der Waals surface area contributed by atoms with Gasteiger partial charge in [0.05, 0.1) is 23.8 Å². The van der Waals surface area contributed by atoms with E-state index in [-0.39, 0.29) is 29.7 Å². The smallest absolute Gasteiger partial charge is 0.339 e. The molecule has 0 bridgehead atoms. The fourth-order valence-electron chi connectivity index (χ4n) is 3.74. The molecule has 1 fully saturated rings. The number of hydrogen-bond donors (Lipinski definition) is 1. The quantitative estimate of drug-likeness (QED) is 0.738. The molecule has 0 saturated heterocycles. The predicted octanol–water partition coefficient (Wildman–Crippen LogP) is 3.98. The molecule has 7 heteroatoms. The molecule has 29 heavy (non-hydrogen) atoms. The van der Waals surface area contributed by atoms with Gasteiger partial charge in [-0.1, -0.05) is 0 Å². The summed E-state index contributed by atoms with van der Waals surface area (Å²) < 4.78 is 13.0. The van der Waals surface area contributed by atoms with Gasteiger partial charge in [-0.25, -0.2) is 4.79 Å². The molecule has 1 aromatic carbocycles. The first-order valence-corrected chi connectivity index (χ1v) is 10.0. The number of aryl methyl sites for hydroxylation is 1. The first-order chi connectivity index (χ1) is 13.8. The molecule has 0 unspecified atom stereocenters. The van der Waals surface area contributed by atoms with E-state index in [0.717, 1.165) is 24.8 Å². The van der Waals surface area contributed by atoms with Gasteiger partial charge in [0.2, 0.25) is 0 Å². The minimum absolute atomic E-state index is 0.0361. The number of hydrogen-bond acceptors (Lipinski definition) is 5. The molecule has 7 nitrogen and oxygen atoms in total. The lowest BCUT2D eigenvalue weighted by Gasteiger charge is -2.29. The summed E-state index contributed by atoms with van der Waals surface area (Å²) in [5.41, 5.74) is 1.98. The fourth-order valence-corrected chi connectivity index (χ4v) is 3.74. The van der Waals surface area contributed by atoms with Crippen LogP contribution in [0.15, 0.2) is 24.3 Å². The first-order valence-electron chi connectivity index (χ1n) is 10.0. The number of carbonyl (C=O) groups excluding carboxylic acids is 1. The molecule has 2 atom stereocenters. The summed E-state index contributed by atoms with van der Waals surface area (Å²) in [6.45, 7) is 5.45. The molecule has 0 aliphatic heterocycles. The lowest BCUT2D eigenvalue weighted by molar-refractivity contribution is -0.154. The highest BCUT2D eigenvalue weighted by atomic mass is 16.5. The summed E-state index contributed by atoms with van der Waals surface area (Å²) >= 11 is 0. The molecular weight excluding hydrogens is 372 g/mol. The number of carboxylic acids is 1. The number of carboxylic acid groups (broad SMARTS) is 1. The number of aromatic carboxylic acids is 1. The molecule has 0 spiro atoms. The van der Waals surface area contributed by atoms with Crippen molar-refractivity contribution in [2.75, 3.05) is 0 Å². The topological polar surface area (TPSA) is 90.7 Å². The van der Waals surface area contributed by atoms with Gasteiger partial charge in [-0.15, -0.1) is 0 Å². The molecule has 2 aromatic rings. The van der Waals surface area contributed by atoms with Gasteiger partial charge in [0.25, 0.3) is 0 Å². The van der Waals surface area contributed by atoms with Crippen molar-refractivity contribution >= 4 is 11.9 Å². The van der Waals surface area contributed by atoms with Crippen LogP contribution in [0.5, 0.6) is 5.75 Å². The Morgan fingerprint density at radius 2 is 1.90 bits per heavy atom. The van der Waals surface area contributed by atoms with Gasteiger partial charge in [0.1, 0.15) is 17.0 Å². The van der Waals surface area contributed by atoms with Crippen LogP contribution in [0.4, 0.5) is 0 Å². The highest BCUT2D eigenvalue weighted by molar-refractivity contribution is 5.96. The third-order valence-corrected chi connectivity index (χ3v) is 5.29. The van der Waals surface area contributed by atoms with Crippen molar-refractivity contribution in [3.8, 4) is 17.0 Å². The average molecular weight is 400 g/mol. The van der Waals surface area contributed by atoms with E-state index in [9.17, 15) is 14.7 Å². The van der Waals surface area contributed by atoms with Crippen LogP contribution in [0.25, 0.3) is 11.3 Å². The largest absolute Gasteiger partial charge is 0.490 e. The molecular formula is C22H28N2O5. The van der Waals surface area contributed by atoms with Crippen molar-refractivity contribution in [1.82, 2.24) is 9.78 Å². The van der Waals surface area contributed by atoms with Crippen LogP contribution in [0.2, 0.25) is 0 Å². The van der Waals surface area contributed by atoms with E-state index in [1.54, 1.807) is 18.7 Å². The van der Waals surface area contributed by atoms with E-state index in [1.165, 1.54) is 0 Å². The van der Waals surface area contributed by atoms with Crippen LogP contribution >= 0.6 is 0 Å². The standard InChI is InChI=1S/C22H28N2O5/c1-13(2)28-22(27)16-6-5-7-18(12-16)29-17-10-8-15(9-11-17)20-19(21(25)26)14(3)24(4)23-20/h8-11,13,16,18H,5-7,12H2,1-4H3,(H,25,26)/t16-,18-/m0/s1. The number of rotatable bonds is 6. The summed E-state index contributed by atoms with van der Waals surface area (Å²) in [5, 5.41) is 13.8. The fraction of sp³-hybridized carbons (Fsp3) is 0.500. The molecule has 1 aliphatic rings. The first kappa shape index (κ1) is 20.9. The average Bonchev–Trinajstić information content (AvgIpc) is 2.97. The van der Waals surface area contributed by atoms with Gasteiger partial charge in [-0.05, 0) is 70.7 Å². The predicted molar refractivity (Wildman–Crippen MR) is 108 cm³/mol. The Morgan fingerprint density at radius 1 is 1.21 bits per heavy atom. The van der Waals surface area contributed by atoms with Crippen molar-refractivity contribution in [3.05, 3.63) is 35.5 Å². The van der Waals surface area contributed by atoms with E-state index in [0.29, 0.717) is 23.6 Å². The zero-order chi connectivity index (χ0) is 21.1. The SMILES string of the molecule is Cc1c(C(=O)O)c(-c2ccc(O[C@H]3CCC[C@H](C(=O)OC(C)C)C3)cc2)nn1C. The molecule has 3 rings (SSSR count). The molecule has 156 valence electrons. The van der Waals surface area contributed by atoms with E-state index >= 15 is 0 Å². The Morgan fingerprint density at radius 3 is 2.52 bits per heavy atom. The zero-order valence-electron chi connectivity index (χ0n) is 17.3. The van der Waals surface area contributed by atoms with E-state index < -0.39 is 5.97 Å². The van der Waals surface area contributed by atoms with Crippen LogP contribution in [0, 0.1) is 12.8 Å². The third kappa shape index (κ3) is 4.78. The number of nitrogens with zero attached hydrogens (tertiary/aromatic N) is 2. The number of carbonyl (C=O) groups is 2. The maximum atomic E-state index is 12.2. The zero-order valence-corrected chi connectivity index (χ0v) is 17.3. The molecule has 1 N–H and O–H groups in total. The second-order valence-corrected chi connectivity index (χ2v) is 7.85. The Bertz CT molecular complexity index is 885. The summed E-state index contributed by atoms with van der Waals surface area (Å²) in [7, 11) is 1.73. The molecule has 1 aliphatic carbocycles. The van der Waals surface area contributed by atoms with E-state index in [4.69, 9.17) is 9.47 Å². The maximum absolute atomic E-state index is 12.2. The van der Waals surface area contributed by atoms with Crippen molar-refractivity contribution in [2.45, 2.75) is 58.7 Å². The van der Waals surface area contributed by atoms with Gasteiger partial charge in [-0.3, -0.25) is 9.48 Å². The van der Waals surface area contributed by atoms with Crippen LogP contribution in [-0.4, -0.2) is 39.0 Å². The summed E-state index contributed by atoms with van der Waals surface area (Å²) in [5.74, 6) is -0.561. The summed E-state index contributed by atoms with van der Waals surface area (Å²) in [6, 6.07) is 7.27. The highest BCUT2D eigenvalue weighted by Crippen LogP contribution is 2.31. The monoisotopic (exact) mass is 400 g/mol. The Kier molecular flexibility index (Phi) is 6.25. The molecule has 1 saturated carbocycles. The van der Waals surface area contributed by atoms with Crippen LogP contribution in [0.3, 0.4) is 0 Å². The van der Waals surface area contributed by atoms with Gasteiger partial charge >= 0.3 is 11.9 Å². The van der Waals surface area contributed by atoms with Gasteiger partial charge in [-0.2, -0.15) is 5.10 Å². The normalized spacial score (nSPS) is 19.2. The third-order valence-electron chi connectivity index (χ3n) is 5.29. The van der Waals surface area contributed by atoms with Crippen molar-refractivity contribution in [1.29, 1.82) is 0 Å².